The highest BCUT2D eigenvalue weighted by Gasteiger charge is 2.35. The molecule has 174 valence electrons. The highest BCUT2D eigenvalue weighted by Crippen LogP contribution is 2.41. The van der Waals surface area contributed by atoms with Crippen LogP contribution in [0.2, 0.25) is 0 Å². The monoisotopic (exact) mass is 473 g/mol. The van der Waals surface area contributed by atoms with Crippen molar-refractivity contribution in [3.8, 4) is 16.3 Å². The van der Waals surface area contributed by atoms with Crippen LogP contribution in [0.3, 0.4) is 0 Å². The van der Waals surface area contributed by atoms with Gasteiger partial charge in [0.2, 0.25) is 0 Å². The summed E-state index contributed by atoms with van der Waals surface area (Å²) in [7, 11) is 0. The zero-order chi connectivity index (χ0) is 23.4. The molecule has 5 nitrogen and oxygen atoms in total. The molecule has 1 N–H and O–H groups in total. The van der Waals surface area contributed by atoms with Crippen LogP contribution in [0.1, 0.15) is 47.2 Å². The van der Waals surface area contributed by atoms with E-state index in [9.17, 15) is 9.90 Å². The number of fused-ring (bicyclic) bond motifs is 4. The molecular weight excluding hydrogens is 446 g/mol. The van der Waals surface area contributed by atoms with E-state index in [0.717, 1.165) is 41.7 Å². The Balaban J connectivity index is 1.42. The molecule has 2 bridgehead atoms. The van der Waals surface area contributed by atoms with Gasteiger partial charge in [0.1, 0.15) is 5.75 Å². The number of carbonyl (C=O) groups is 1. The second-order valence-corrected chi connectivity index (χ2v) is 10.7. The fraction of sp³-hybridized carbons (Fsp3) is 0.357. The van der Waals surface area contributed by atoms with E-state index in [1.54, 1.807) is 17.4 Å². The van der Waals surface area contributed by atoms with E-state index >= 15 is 0 Å². The van der Waals surface area contributed by atoms with Crippen molar-refractivity contribution in [1.29, 1.82) is 0 Å². The van der Waals surface area contributed by atoms with Gasteiger partial charge in [0.15, 0.2) is 0 Å². The van der Waals surface area contributed by atoms with Crippen LogP contribution in [0.5, 0.6) is 5.75 Å². The summed E-state index contributed by atoms with van der Waals surface area (Å²) in [6.45, 7) is 4.63. The number of benzene rings is 2. The van der Waals surface area contributed by atoms with Crippen LogP contribution in [0.4, 0.5) is 0 Å². The second kappa shape index (κ2) is 8.36. The number of ether oxygens (including phenoxy) is 2. The van der Waals surface area contributed by atoms with Crippen molar-refractivity contribution in [3.05, 3.63) is 59.2 Å². The van der Waals surface area contributed by atoms with Gasteiger partial charge in [0, 0.05) is 4.70 Å². The van der Waals surface area contributed by atoms with Crippen molar-refractivity contribution in [3.63, 3.8) is 0 Å². The number of nitrogens with zero attached hydrogens (tertiary/aromatic N) is 1. The molecular formula is C28H27NO4S. The molecule has 0 unspecified atom stereocenters. The van der Waals surface area contributed by atoms with Crippen LogP contribution >= 0.6 is 11.3 Å². The molecule has 0 aliphatic carbocycles. The minimum absolute atomic E-state index is 0.239. The number of carboxylic acids is 1. The lowest BCUT2D eigenvalue weighted by Gasteiger charge is -2.28. The van der Waals surface area contributed by atoms with Crippen LogP contribution in [-0.4, -0.2) is 34.9 Å². The smallest absolute Gasteiger partial charge is 0.336 e. The Morgan fingerprint density at radius 3 is 2.65 bits per heavy atom. The molecule has 6 heteroatoms. The summed E-state index contributed by atoms with van der Waals surface area (Å²) >= 11 is 1.65. The first-order valence-electron chi connectivity index (χ1n) is 11.9. The summed E-state index contributed by atoms with van der Waals surface area (Å²) in [6, 6.07) is 13.8. The Kier molecular flexibility index (Phi) is 5.30. The number of rotatable bonds is 5. The molecule has 0 radical (unpaired) electrons. The SMILES string of the molecule is Cc1c(-c2cc(C(=O)O)c3c(OC[C@H]4C[C@H]5CC[C@@H](C4)O5)ccc(C)c3n2)sc2ccccc12. The van der Waals surface area contributed by atoms with Gasteiger partial charge in [-0.3, -0.25) is 0 Å². The fourth-order valence-corrected chi connectivity index (χ4v) is 6.75. The van der Waals surface area contributed by atoms with E-state index in [1.807, 2.05) is 31.2 Å². The highest BCUT2D eigenvalue weighted by atomic mass is 32.1. The lowest BCUT2D eigenvalue weighted by atomic mass is 9.96. The average Bonchev–Trinajstić information content (AvgIpc) is 3.36. The summed E-state index contributed by atoms with van der Waals surface area (Å²) < 4.78 is 13.4. The maximum atomic E-state index is 12.4. The zero-order valence-corrected chi connectivity index (χ0v) is 20.2. The molecule has 2 aliphatic rings. The highest BCUT2D eigenvalue weighted by molar-refractivity contribution is 7.22. The first kappa shape index (κ1) is 21.6. The van der Waals surface area contributed by atoms with Crippen molar-refractivity contribution < 1.29 is 19.4 Å². The lowest BCUT2D eigenvalue weighted by molar-refractivity contribution is -0.0282. The van der Waals surface area contributed by atoms with E-state index in [2.05, 4.69) is 19.1 Å². The van der Waals surface area contributed by atoms with Gasteiger partial charge in [0.25, 0.3) is 0 Å². The Morgan fingerprint density at radius 2 is 1.91 bits per heavy atom. The van der Waals surface area contributed by atoms with E-state index < -0.39 is 5.97 Å². The van der Waals surface area contributed by atoms with E-state index in [0.29, 0.717) is 47.1 Å². The Hall–Kier alpha value is -2.96. The fourth-order valence-electron chi connectivity index (χ4n) is 5.58. The molecule has 4 aromatic rings. The van der Waals surface area contributed by atoms with E-state index in [1.165, 1.54) is 10.1 Å². The van der Waals surface area contributed by atoms with Gasteiger partial charge in [-0.25, -0.2) is 9.78 Å². The van der Waals surface area contributed by atoms with Gasteiger partial charge in [-0.05, 0) is 80.2 Å². The van der Waals surface area contributed by atoms with Crippen LogP contribution in [0.15, 0.2) is 42.5 Å². The van der Waals surface area contributed by atoms with Crippen LogP contribution in [0.25, 0.3) is 31.6 Å². The number of thiophene rings is 1. The average molecular weight is 474 g/mol. The van der Waals surface area contributed by atoms with Gasteiger partial charge in [-0.15, -0.1) is 11.3 Å². The quantitative estimate of drug-likeness (QED) is 0.346. The third-order valence-electron chi connectivity index (χ3n) is 7.29. The molecule has 2 aromatic carbocycles. The van der Waals surface area contributed by atoms with Gasteiger partial charge in [-0.1, -0.05) is 24.3 Å². The molecule has 6 rings (SSSR count). The van der Waals surface area contributed by atoms with Crippen molar-refractivity contribution in [2.24, 2.45) is 5.92 Å². The minimum atomic E-state index is -0.966. The van der Waals surface area contributed by atoms with Gasteiger partial charge in [-0.2, -0.15) is 0 Å². The summed E-state index contributed by atoms with van der Waals surface area (Å²) in [6.07, 6.45) is 5.01. The molecule has 34 heavy (non-hydrogen) atoms. The van der Waals surface area contributed by atoms with Crippen LogP contribution in [-0.2, 0) is 4.74 Å². The number of hydrogen-bond acceptors (Lipinski definition) is 5. The zero-order valence-electron chi connectivity index (χ0n) is 19.3. The van der Waals surface area contributed by atoms with Crippen molar-refractivity contribution in [2.75, 3.05) is 6.61 Å². The topological polar surface area (TPSA) is 68.7 Å². The molecule has 3 atom stereocenters. The molecule has 2 aromatic heterocycles. The van der Waals surface area contributed by atoms with Crippen LogP contribution in [0, 0.1) is 19.8 Å². The standard InChI is InChI=1S/C28H27NO4S/c1-15-7-10-23(32-14-17-11-18-8-9-19(12-17)33-18)25-21(28(30)31)13-22(29-26(15)25)27-16(2)20-5-3-4-6-24(20)34-27/h3-7,10,13,17-19H,8-9,11-12,14H2,1-2H3,(H,30,31)/t17-,18+,19-. The van der Waals surface area contributed by atoms with Crippen molar-refractivity contribution in [2.45, 2.75) is 51.7 Å². The predicted octanol–water partition coefficient (Wildman–Crippen LogP) is 6.77. The molecule has 0 saturated carbocycles. The van der Waals surface area contributed by atoms with E-state index in [4.69, 9.17) is 14.5 Å². The Bertz CT molecular complexity index is 1410. The third kappa shape index (κ3) is 3.65. The molecule has 2 fully saturated rings. The Morgan fingerprint density at radius 1 is 1.15 bits per heavy atom. The summed E-state index contributed by atoms with van der Waals surface area (Å²) in [5.74, 6) is 0.0697. The first-order valence-corrected chi connectivity index (χ1v) is 12.7. The summed E-state index contributed by atoms with van der Waals surface area (Å²) in [5.41, 5.74) is 3.70. The number of carboxylic acid groups (broad SMARTS) is 1. The third-order valence-corrected chi connectivity index (χ3v) is 8.59. The van der Waals surface area contributed by atoms with Gasteiger partial charge < -0.3 is 14.6 Å². The molecule has 0 spiro atoms. The minimum Gasteiger partial charge on any atom is -0.493 e. The predicted molar refractivity (Wildman–Crippen MR) is 135 cm³/mol. The summed E-state index contributed by atoms with van der Waals surface area (Å²) in [5, 5.41) is 11.9. The summed E-state index contributed by atoms with van der Waals surface area (Å²) in [4.78, 5) is 18.4. The number of aryl methyl sites for hydroxylation is 2. The van der Waals surface area contributed by atoms with Crippen LogP contribution < -0.4 is 4.74 Å². The maximum Gasteiger partial charge on any atom is 0.336 e. The maximum absolute atomic E-state index is 12.4. The normalized spacial score (nSPS) is 21.9. The number of pyridine rings is 1. The van der Waals surface area contributed by atoms with Gasteiger partial charge >= 0.3 is 5.97 Å². The number of hydrogen-bond donors (Lipinski definition) is 1. The first-order chi connectivity index (χ1) is 16.5. The Labute approximate surface area is 202 Å². The van der Waals surface area contributed by atoms with Gasteiger partial charge in [0.05, 0.1) is 45.9 Å². The van der Waals surface area contributed by atoms with Crippen molar-refractivity contribution in [1.82, 2.24) is 4.98 Å². The molecule has 0 amide bonds. The molecule has 2 saturated heterocycles. The number of aromatic nitrogens is 1. The lowest BCUT2D eigenvalue weighted by Crippen LogP contribution is -2.28. The largest absolute Gasteiger partial charge is 0.493 e. The molecule has 4 heterocycles. The number of aromatic carboxylic acids is 1. The van der Waals surface area contributed by atoms with Crippen molar-refractivity contribution >= 4 is 38.3 Å². The van der Waals surface area contributed by atoms with E-state index in [-0.39, 0.29) is 5.56 Å². The molecule has 2 aliphatic heterocycles. The second-order valence-electron chi connectivity index (χ2n) is 9.62.